The predicted molar refractivity (Wildman–Crippen MR) is 60.5 cm³/mol. The van der Waals surface area contributed by atoms with Crippen molar-refractivity contribution in [1.82, 2.24) is 5.06 Å². The molecule has 0 amide bonds. The Labute approximate surface area is 99.5 Å². The molecule has 1 N–H and O–H groups in total. The summed E-state index contributed by atoms with van der Waals surface area (Å²) in [4.78, 5) is 12.0. The van der Waals surface area contributed by atoms with Gasteiger partial charge in [-0.1, -0.05) is 6.92 Å². The van der Waals surface area contributed by atoms with Gasteiger partial charge in [0.05, 0.1) is 6.04 Å². The smallest absolute Gasteiger partial charge is 0.231 e. The van der Waals surface area contributed by atoms with Crippen LogP contribution < -0.4 is 9.47 Å². The van der Waals surface area contributed by atoms with Crippen molar-refractivity contribution in [1.29, 1.82) is 0 Å². The van der Waals surface area contributed by atoms with Gasteiger partial charge in [0.1, 0.15) is 0 Å². The van der Waals surface area contributed by atoms with E-state index in [-0.39, 0.29) is 12.6 Å². The molecule has 1 heterocycles. The fraction of sp³-hybridized carbons (Fsp3) is 0.417. The number of Topliss-reactive ketones (excluding diaryl/α,β-unsaturated/α-hetero) is 1. The lowest BCUT2D eigenvalue weighted by atomic mass is 10.0. The lowest BCUT2D eigenvalue weighted by molar-refractivity contribution is -0.105. The number of carbonyl (C=O) groups is 1. The van der Waals surface area contributed by atoms with Crippen molar-refractivity contribution in [2.75, 3.05) is 13.3 Å². The highest BCUT2D eigenvalue weighted by atomic mass is 16.7. The summed E-state index contributed by atoms with van der Waals surface area (Å²) in [5, 5.41) is 10.5. The van der Waals surface area contributed by atoms with E-state index < -0.39 is 6.04 Å². The zero-order valence-electron chi connectivity index (χ0n) is 9.84. The van der Waals surface area contributed by atoms with Gasteiger partial charge in [-0.05, 0) is 25.1 Å². The highest BCUT2D eigenvalue weighted by Gasteiger charge is 2.22. The number of likely N-dealkylation sites (N-methyl/N-ethyl adjacent to an activating group) is 1. The number of hydroxylamine groups is 2. The minimum absolute atomic E-state index is 0.146. The highest BCUT2D eigenvalue weighted by Crippen LogP contribution is 2.32. The number of ketones is 1. The van der Waals surface area contributed by atoms with Gasteiger partial charge < -0.3 is 14.7 Å². The van der Waals surface area contributed by atoms with Crippen LogP contribution in [0.25, 0.3) is 0 Å². The standard InChI is InChI=1S/C12H15NO4/c1-3-13(15)8(2)12(14)9-4-5-10-11(6-9)17-7-16-10/h4-6,8,15H,3,7H2,1-2H3/t8-/m1/s1. The van der Waals surface area contributed by atoms with Crippen molar-refractivity contribution < 1.29 is 19.5 Å². The topological polar surface area (TPSA) is 59.0 Å². The molecule has 1 aromatic carbocycles. The molecule has 1 aliphatic heterocycles. The maximum absolute atomic E-state index is 12.0. The van der Waals surface area contributed by atoms with Crippen LogP contribution in [0.2, 0.25) is 0 Å². The summed E-state index contributed by atoms with van der Waals surface area (Å²) >= 11 is 0. The zero-order chi connectivity index (χ0) is 12.4. The molecule has 17 heavy (non-hydrogen) atoms. The molecule has 0 radical (unpaired) electrons. The number of nitrogens with zero attached hydrogens (tertiary/aromatic N) is 1. The fourth-order valence-corrected chi connectivity index (χ4v) is 1.70. The molecule has 2 rings (SSSR count). The van der Waals surface area contributed by atoms with E-state index in [2.05, 4.69) is 0 Å². The molecule has 0 aliphatic carbocycles. The summed E-state index contributed by atoms with van der Waals surface area (Å²) in [6.45, 7) is 4.03. The average molecular weight is 237 g/mol. The third-order valence-corrected chi connectivity index (χ3v) is 2.81. The number of hydrogen-bond donors (Lipinski definition) is 1. The van der Waals surface area contributed by atoms with Gasteiger partial charge in [0.15, 0.2) is 17.3 Å². The Morgan fingerprint density at radius 1 is 1.47 bits per heavy atom. The van der Waals surface area contributed by atoms with E-state index in [9.17, 15) is 10.0 Å². The summed E-state index contributed by atoms with van der Waals surface area (Å²) in [5.74, 6) is 1.07. The van der Waals surface area contributed by atoms with Gasteiger partial charge in [0.2, 0.25) is 6.79 Å². The van der Waals surface area contributed by atoms with Crippen molar-refractivity contribution in [3.05, 3.63) is 23.8 Å². The number of carbonyl (C=O) groups excluding carboxylic acids is 1. The van der Waals surface area contributed by atoms with E-state index in [1.807, 2.05) is 0 Å². The number of ether oxygens (including phenoxy) is 2. The van der Waals surface area contributed by atoms with Crippen LogP contribution in [0.15, 0.2) is 18.2 Å². The molecular formula is C12H15NO4. The Bertz CT molecular complexity index is 433. The Morgan fingerprint density at radius 3 is 2.88 bits per heavy atom. The first-order chi connectivity index (χ1) is 8.13. The average Bonchev–Trinajstić information content (AvgIpc) is 2.83. The molecule has 5 heteroatoms. The molecule has 0 aromatic heterocycles. The van der Waals surface area contributed by atoms with E-state index >= 15 is 0 Å². The third kappa shape index (κ3) is 2.25. The van der Waals surface area contributed by atoms with Gasteiger partial charge in [-0.25, -0.2) is 0 Å². The second-order valence-electron chi connectivity index (χ2n) is 3.86. The van der Waals surface area contributed by atoms with Crippen LogP contribution >= 0.6 is 0 Å². The molecule has 1 aromatic rings. The number of rotatable bonds is 4. The van der Waals surface area contributed by atoms with Gasteiger partial charge >= 0.3 is 0 Å². The minimum Gasteiger partial charge on any atom is -0.454 e. The van der Waals surface area contributed by atoms with Crippen LogP contribution in [0.4, 0.5) is 0 Å². The Hall–Kier alpha value is -1.59. The molecule has 0 fully saturated rings. The summed E-state index contributed by atoms with van der Waals surface area (Å²) in [7, 11) is 0. The van der Waals surface area contributed by atoms with Crippen LogP contribution in [0.3, 0.4) is 0 Å². The molecule has 1 aliphatic rings. The Balaban J connectivity index is 2.20. The van der Waals surface area contributed by atoms with Gasteiger partial charge in [-0.2, -0.15) is 5.06 Å². The fourth-order valence-electron chi connectivity index (χ4n) is 1.70. The molecule has 5 nitrogen and oxygen atoms in total. The maximum atomic E-state index is 12.0. The van der Waals surface area contributed by atoms with E-state index in [4.69, 9.17) is 9.47 Å². The largest absolute Gasteiger partial charge is 0.454 e. The normalized spacial score (nSPS) is 15.1. The van der Waals surface area contributed by atoms with Gasteiger partial charge in [0.25, 0.3) is 0 Å². The summed E-state index contributed by atoms with van der Waals surface area (Å²) in [6, 6.07) is 4.46. The summed E-state index contributed by atoms with van der Waals surface area (Å²) in [6.07, 6.45) is 0. The van der Waals surface area contributed by atoms with E-state index in [0.29, 0.717) is 23.6 Å². The molecular weight excluding hydrogens is 222 g/mol. The van der Waals surface area contributed by atoms with Crippen LogP contribution in [0, 0.1) is 0 Å². The van der Waals surface area contributed by atoms with E-state index in [1.54, 1.807) is 32.0 Å². The molecule has 0 bridgehead atoms. The Kier molecular flexibility index (Phi) is 3.31. The number of hydrogen-bond acceptors (Lipinski definition) is 5. The molecule has 0 unspecified atom stereocenters. The molecule has 1 atom stereocenters. The lowest BCUT2D eigenvalue weighted by Crippen LogP contribution is -2.36. The summed E-state index contributed by atoms with van der Waals surface area (Å²) in [5.41, 5.74) is 0.509. The van der Waals surface area contributed by atoms with Gasteiger partial charge in [-0.3, -0.25) is 4.79 Å². The van der Waals surface area contributed by atoms with E-state index in [1.165, 1.54) is 0 Å². The molecule has 0 spiro atoms. The third-order valence-electron chi connectivity index (χ3n) is 2.81. The second kappa shape index (κ2) is 4.73. The molecule has 92 valence electrons. The first-order valence-corrected chi connectivity index (χ1v) is 5.53. The van der Waals surface area contributed by atoms with Gasteiger partial charge in [0, 0.05) is 12.1 Å². The minimum atomic E-state index is -0.569. The van der Waals surface area contributed by atoms with Crippen molar-refractivity contribution in [3.8, 4) is 11.5 Å². The lowest BCUT2D eigenvalue weighted by Gasteiger charge is -2.19. The van der Waals surface area contributed by atoms with E-state index in [0.717, 1.165) is 5.06 Å². The van der Waals surface area contributed by atoms with Crippen LogP contribution in [-0.4, -0.2) is 35.4 Å². The highest BCUT2D eigenvalue weighted by molar-refractivity contribution is 6.00. The number of benzene rings is 1. The molecule has 0 saturated heterocycles. The summed E-state index contributed by atoms with van der Waals surface area (Å²) < 4.78 is 10.4. The monoisotopic (exact) mass is 237 g/mol. The Morgan fingerprint density at radius 2 is 2.18 bits per heavy atom. The number of fused-ring (bicyclic) bond motifs is 1. The van der Waals surface area contributed by atoms with Crippen molar-refractivity contribution in [3.63, 3.8) is 0 Å². The van der Waals surface area contributed by atoms with Crippen molar-refractivity contribution >= 4 is 5.78 Å². The zero-order valence-corrected chi connectivity index (χ0v) is 9.84. The van der Waals surface area contributed by atoms with Crippen molar-refractivity contribution in [2.24, 2.45) is 0 Å². The van der Waals surface area contributed by atoms with Crippen LogP contribution in [-0.2, 0) is 0 Å². The quantitative estimate of drug-likeness (QED) is 0.638. The predicted octanol–water partition coefficient (Wildman–Crippen LogP) is 1.70. The van der Waals surface area contributed by atoms with Gasteiger partial charge in [-0.15, -0.1) is 0 Å². The first-order valence-electron chi connectivity index (χ1n) is 5.53. The molecule has 0 saturated carbocycles. The second-order valence-corrected chi connectivity index (χ2v) is 3.86. The van der Waals surface area contributed by atoms with Crippen LogP contribution in [0.5, 0.6) is 11.5 Å². The van der Waals surface area contributed by atoms with Crippen LogP contribution in [0.1, 0.15) is 24.2 Å². The van der Waals surface area contributed by atoms with Crippen molar-refractivity contribution in [2.45, 2.75) is 19.9 Å². The first kappa shape index (κ1) is 11.9. The maximum Gasteiger partial charge on any atom is 0.231 e. The SMILES string of the molecule is CCN(O)[C@H](C)C(=O)c1ccc2c(c1)OCO2.